The lowest BCUT2D eigenvalue weighted by molar-refractivity contribution is -0.137. The van der Waals surface area contributed by atoms with E-state index in [1.165, 1.54) is 0 Å². The Balaban J connectivity index is 2.47. The van der Waals surface area contributed by atoms with E-state index in [-0.39, 0.29) is 12.3 Å². The van der Waals surface area contributed by atoms with Crippen molar-refractivity contribution < 1.29 is 14.7 Å². The number of carbonyl (C=O) groups is 2. The van der Waals surface area contributed by atoms with Gasteiger partial charge in [0.15, 0.2) is 0 Å². The molecule has 1 aromatic carbocycles. The van der Waals surface area contributed by atoms with Gasteiger partial charge in [0.2, 0.25) is 0 Å². The first-order valence-electron chi connectivity index (χ1n) is 5.27. The second-order valence-electron chi connectivity index (χ2n) is 3.72. The first-order chi connectivity index (χ1) is 8.00. The van der Waals surface area contributed by atoms with Crippen LogP contribution in [0.2, 0.25) is 0 Å². The van der Waals surface area contributed by atoms with Crippen molar-refractivity contribution in [3.05, 3.63) is 32.9 Å². The Kier molecular flexibility index (Phi) is 5.40. The predicted octanol–water partition coefficient (Wildman–Crippen LogP) is 2.19. The summed E-state index contributed by atoms with van der Waals surface area (Å²) in [5.41, 5.74) is 1.74. The molecular weight excluding hydrogens is 333 g/mol. The van der Waals surface area contributed by atoms with Gasteiger partial charge in [-0.15, -0.1) is 0 Å². The number of halogens is 1. The number of aliphatic carboxylic acids is 1. The first-order valence-corrected chi connectivity index (χ1v) is 6.34. The van der Waals surface area contributed by atoms with Crippen LogP contribution >= 0.6 is 22.6 Å². The van der Waals surface area contributed by atoms with Crippen LogP contribution < -0.4 is 5.32 Å². The minimum Gasteiger partial charge on any atom is -0.481 e. The van der Waals surface area contributed by atoms with Gasteiger partial charge in [-0.3, -0.25) is 9.59 Å². The first kappa shape index (κ1) is 14.0. The van der Waals surface area contributed by atoms with Crippen molar-refractivity contribution in [3.8, 4) is 0 Å². The van der Waals surface area contributed by atoms with Crippen LogP contribution in [0.15, 0.2) is 18.2 Å². The zero-order valence-corrected chi connectivity index (χ0v) is 11.7. The van der Waals surface area contributed by atoms with Gasteiger partial charge in [0.05, 0.1) is 0 Å². The summed E-state index contributed by atoms with van der Waals surface area (Å²) in [7, 11) is 0. The van der Waals surface area contributed by atoms with Crippen molar-refractivity contribution in [2.24, 2.45) is 0 Å². The van der Waals surface area contributed by atoms with E-state index in [1.54, 1.807) is 6.07 Å². The Morgan fingerprint density at radius 3 is 2.71 bits per heavy atom. The zero-order valence-electron chi connectivity index (χ0n) is 9.50. The van der Waals surface area contributed by atoms with E-state index in [0.29, 0.717) is 18.5 Å². The van der Waals surface area contributed by atoms with Crippen LogP contribution in [-0.2, 0) is 4.79 Å². The molecule has 0 bridgehead atoms. The molecule has 1 aromatic rings. The van der Waals surface area contributed by atoms with E-state index >= 15 is 0 Å². The summed E-state index contributed by atoms with van der Waals surface area (Å²) in [6.45, 7) is 2.37. The molecule has 0 saturated carbocycles. The van der Waals surface area contributed by atoms with E-state index in [4.69, 9.17) is 5.11 Å². The SMILES string of the molecule is Cc1ccc(C(=O)NCCCC(=O)O)cc1I. The van der Waals surface area contributed by atoms with Crippen LogP contribution in [-0.4, -0.2) is 23.5 Å². The number of aryl methyl sites for hydroxylation is 1. The Morgan fingerprint density at radius 1 is 1.41 bits per heavy atom. The second kappa shape index (κ2) is 6.58. The second-order valence-corrected chi connectivity index (χ2v) is 4.88. The van der Waals surface area contributed by atoms with Crippen LogP contribution in [0.3, 0.4) is 0 Å². The van der Waals surface area contributed by atoms with Crippen LogP contribution in [0.5, 0.6) is 0 Å². The molecule has 0 radical (unpaired) electrons. The molecule has 0 saturated heterocycles. The van der Waals surface area contributed by atoms with Crippen LogP contribution in [0.4, 0.5) is 0 Å². The summed E-state index contributed by atoms with van der Waals surface area (Å²) in [6.07, 6.45) is 0.524. The fourth-order valence-electron chi connectivity index (χ4n) is 1.28. The Hall–Kier alpha value is -1.11. The van der Waals surface area contributed by atoms with Gasteiger partial charge in [0.1, 0.15) is 0 Å². The molecule has 0 heterocycles. The highest BCUT2D eigenvalue weighted by atomic mass is 127. The minimum absolute atomic E-state index is 0.0751. The maximum Gasteiger partial charge on any atom is 0.303 e. The van der Waals surface area contributed by atoms with Gasteiger partial charge in [-0.1, -0.05) is 6.07 Å². The fourth-order valence-corrected chi connectivity index (χ4v) is 1.79. The summed E-state index contributed by atoms with van der Waals surface area (Å²) in [4.78, 5) is 22.0. The van der Waals surface area contributed by atoms with E-state index in [2.05, 4.69) is 27.9 Å². The Bertz CT molecular complexity index is 432. The van der Waals surface area contributed by atoms with Gasteiger partial charge in [-0.25, -0.2) is 0 Å². The van der Waals surface area contributed by atoms with Gasteiger partial charge in [0.25, 0.3) is 5.91 Å². The van der Waals surface area contributed by atoms with Crippen LogP contribution in [0.25, 0.3) is 0 Å². The number of hydrogen-bond acceptors (Lipinski definition) is 2. The van der Waals surface area contributed by atoms with Crippen molar-refractivity contribution >= 4 is 34.5 Å². The van der Waals surface area contributed by atoms with Crippen molar-refractivity contribution in [2.45, 2.75) is 19.8 Å². The third-order valence-corrected chi connectivity index (χ3v) is 3.45. The van der Waals surface area contributed by atoms with Crippen molar-refractivity contribution in [2.75, 3.05) is 6.54 Å². The monoisotopic (exact) mass is 347 g/mol. The van der Waals surface area contributed by atoms with Crippen molar-refractivity contribution in [1.82, 2.24) is 5.32 Å². The third kappa shape index (κ3) is 4.72. The minimum atomic E-state index is -0.843. The number of hydrogen-bond donors (Lipinski definition) is 2. The predicted molar refractivity (Wildman–Crippen MR) is 73.1 cm³/mol. The number of nitrogens with one attached hydrogen (secondary N) is 1. The molecule has 2 N–H and O–H groups in total. The largest absolute Gasteiger partial charge is 0.481 e. The summed E-state index contributed by atoms with van der Waals surface area (Å²) in [5.74, 6) is -1.00. The Labute approximate surface area is 114 Å². The molecule has 92 valence electrons. The zero-order chi connectivity index (χ0) is 12.8. The molecule has 0 spiro atoms. The van der Waals surface area contributed by atoms with Crippen LogP contribution in [0.1, 0.15) is 28.8 Å². The number of amides is 1. The maximum atomic E-state index is 11.7. The topological polar surface area (TPSA) is 66.4 Å². The molecule has 0 unspecified atom stereocenters. The van der Waals surface area contributed by atoms with Gasteiger partial charge >= 0.3 is 5.97 Å². The van der Waals surface area contributed by atoms with E-state index in [1.807, 2.05) is 19.1 Å². The third-order valence-electron chi connectivity index (χ3n) is 2.29. The molecule has 0 aliphatic carbocycles. The lowest BCUT2D eigenvalue weighted by Crippen LogP contribution is -2.25. The summed E-state index contributed by atoms with van der Waals surface area (Å²) in [5, 5.41) is 11.1. The molecule has 5 heteroatoms. The molecule has 0 aliphatic heterocycles. The molecule has 4 nitrogen and oxygen atoms in total. The molecule has 0 aliphatic rings. The number of carbonyl (C=O) groups excluding carboxylic acids is 1. The molecule has 0 atom stereocenters. The molecule has 0 fully saturated rings. The summed E-state index contributed by atoms with van der Waals surface area (Å²) >= 11 is 2.18. The van der Waals surface area contributed by atoms with E-state index < -0.39 is 5.97 Å². The summed E-state index contributed by atoms with van der Waals surface area (Å²) in [6, 6.07) is 5.49. The lowest BCUT2D eigenvalue weighted by Gasteiger charge is -2.05. The molecule has 1 amide bonds. The molecule has 1 rings (SSSR count). The van der Waals surface area contributed by atoms with Gasteiger partial charge in [-0.05, 0) is 53.6 Å². The molecule has 0 aromatic heterocycles. The quantitative estimate of drug-likeness (QED) is 0.634. The number of benzene rings is 1. The summed E-state index contributed by atoms with van der Waals surface area (Å²) < 4.78 is 1.04. The average Bonchev–Trinajstić information content (AvgIpc) is 2.27. The average molecular weight is 347 g/mol. The number of carboxylic acid groups (broad SMARTS) is 1. The van der Waals surface area contributed by atoms with Crippen LogP contribution in [0, 0.1) is 10.5 Å². The van der Waals surface area contributed by atoms with Gasteiger partial charge < -0.3 is 10.4 Å². The van der Waals surface area contributed by atoms with Crippen molar-refractivity contribution in [1.29, 1.82) is 0 Å². The van der Waals surface area contributed by atoms with Gasteiger partial charge in [-0.2, -0.15) is 0 Å². The smallest absolute Gasteiger partial charge is 0.303 e. The number of rotatable bonds is 5. The fraction of sp³-hybridized carbons (Fsp3) is 0.333. The van der Waals surface area contributed by atoms with E-state index in [9.17, 15) is 9.59 Å². The van der Waals surface area contributed by atoms with Crippen molar-refractivity contribution in [3.63, 3.8) is 0 Å². The highest BCUT2D eigenvalue weighted by Gasteiger charge is 2.06. The maximum absolute atomic E-state index is 11.7. The Morgan fingerprint density at radius 2 is 2.12 bits per heavy atom. The molecular formula is C12H14INO3. The highest BCUT2D eigenvalue weighted by Crippen LogP contribution is 2.13. The van der Waals surface area contributed by atoms with Gasteiger partial charge in [0, 0.05) is 22.1 Å². The highest BCUT2D eigenvalue weighted by molar-refractivity contribution is 14.1. The lowest BCUT2D eigenvalue weighted by atomic mass is 10.1. The standard InChI is InChI=1S/C12H14INO3/c1-8-4-5-9(7-10(8)13)12(17)14-6-2-3-11(15)16/h4-5,7H,2-3,6H2,1H3,(H,14,17)(H,15,16). The molecule has 17 heavy (non-hydrogen) atoms. The number of carboxylic acids is 1. The van der Waals surface area contributed by atoms with E-state index in [0.717, 1.165) is 9.13 Å². The normalized spacial score (nSPS) is 10.0.